The second-order valence-electron chi connectivity index (χ2n) is 6.66. The molecule has 0 aromatic heterocycles. The van der Waals surface area contributed by atoms with E-state index in [2.05, 4.69) is 26.1 Å². The molecule has 0 fully saturated rings. The Morgan fingerprint density at radius 3 is 1.96 bits per heavy atom. The second kappa shape index (κ2) is 7.47. The molecule has 1 amide bonds. The van der Waals surface area contributed by atoms with Crippen molar-refractivity contribution in [2.24, 2.45) is 0 Å². The zero-order valence-corrected chi connectivity index (χ0v) is 15.6. The van der Waals surface area contributed by atoms with Crippen molar-refractivity contribution in [3.05, 3.63) is 47.5 Å². The molecule has 25 heavy (non-hydrogen) atoms. The fourth-order valence-corrected chi connectivity index (χ4v) is 2.65. The van der Waals surface area contributed by atoms with Crippen LogP contribution in [0, 0.1) is 0 Å². The van der Waals surface area contributed by atoms with Crippen molar-refractivity contribution in [3.8, 4) is 17.2 Å². The molecule has 0 bridgehead atoms. The van der Waals surface area contributed by atoms with Crippen LogP contribution in [-0.4, -0.2) is 27.2 Å². The summed E-state index contributed by atoms with van der Waals surface area (Å²) in [5.74, 6) is 1.10. The Labute approximate surface area is 148 Å². The average molecular weight is 343 g/mol. The standard InChI is InChI=1S/C20H25NO4/c1-20(2,3)14-9-7-8-10-15(14)21-19(22)13-11-16(23-4)18(25-6)17(12-13)24-5/h7-12H,1-6H3,(H,21,22). The van der Waals surface area contributed by atoms with E-state index < -0.39 is 0 Å². The maximum absolute atomic E-state index is 12.8. The van der Waals surface area contributed by atoms with Gasteiger partial charge in [-0.05, 0) is 29.2 Å². The molecule has 2 aromatic carbocycles. The van der Waals surface area contributed by atoms with Crippen molar-refractivity contribution in [3.63, 3.8) is 0 Å². The van der Waals surface area contributed by atoms with Crippen LogP contribution in [0.1, 0.15) is 36.7 Å². The number of amides is 1. The lowest BCUT2D eigenvalue weighted by molar-refractivity contribution is 0.102. The maximum Gasteiger partial charge on any atom is 0.255 e. The van der Waals surface area contributed by atoms with Crippen molar-refractivity contribution in [2.75, 3.05) is 26.6 Å². The number of para-hydroxylation sites is 1. The smallest absolute Gasteiger partial charge is 0.255 e. The summed E-state index contributed by atoms with van der Waals surface area (Å²) >= 11 is 0. The van der Waals surface area contributed by atoms with E-state index in [1.54, 1.807) is 12.1 Å². The van der Waals surface area contributed by atoms with Crippen molar-refractivity contribution in [2.45, 2.75) is 26.2 Å². The monoisotopic (exact) mass is 343 g/mol. The molecule has 0 aliphatic carbocycles. The number of anilines is 1. The Morgan fingerprint density at radius 1 is 0.920 bits per heavy atom. The molecule has 0 saturated heterocycles. The highest BCUT2D eigenvalue weighted by Crippen LogP contribution is 2.38. The lowest BCUT2D eigenvalue weighted by Gasteiger charge is -2.23. The highest BCUT2D eigenvalue weighted by molar-refractivity contribution is 6.05. The summed E-state index contributed by atoms with van der Waals surface area (Å²) in [5, 5.41) is 2.98. The van der Waals surface area contributed by atoms with Gasteiger partial charge in [0.1, 0.15) is 0 Å². The molecule has 0 spiro atoms. The number of carbonyl (C=O) groups excluding carboxylic acids is 1. The predicted molar refractivity (Wildman–Crippen MR) is 99.2 cm³/mol. The number of methoxy groups -OCH3 is 3. The third-order valence-electron chi connectivity index (χ3n) is 3.91. The van der Waals surface area contributed by atoms with E-state index >= 15 is 0 Å². The highest BCUT2D eigenvalue weighted by Gasteiger charge is 2.21. The average Bonchev–Trinajstić information content (AvgIpc) is 2.59. The van der Waals surface area contributed by atoms with Gasteiger partial charge in [-0.15, -0.1) is 0 Å². The Hall–Kier alpha value is -2.69. The molecule has 0 heterocycles. The van der Waals surface area contributed by atoms with Gasteiger partial charge in [0.25, 0.3) is 5.91 Å². The van der Waals surface area contributed by atoms with Crippen LogP contribution in [0.4, 0.5) is 5.69 Å². The number of benzene rings is 2. The number of hydrogen-bond donors (Lipinski definition) is 1. The molecule has 0 aliphatic heterocycles. The molecule has 134 valence electrons. The van der Waals surface area contributed by atoms with Gasteiger partial charge in [0.15, 0.2) is 11.5 Å². The molecule has 1 N–H and O–H groups in total. The van der Waals surface area contributed by atoms with E-state index in [1.165, 1.54) is 21.3 Å². The maximum atomic E-state index is 12.8. The van der Waals surface area contributed by atoms with E-state index in [4.69, 9.17) is 14.2 Å². The largest absolute Gasteiger partial charge is 0.493 e. The molecule has 5 nitrogen and oxygen atoms in total. The predicted octanol–water partition coefficient (Wildman–Crippen LogP) is 4.26. The SMILES string of the molecule is COc1cc(C(=O)Nc2ccccc2C(C)(C)C)cc(OC)c1OC. The van der Waals surface area contributed by atoms with Crippen LogP contribution in [0.3, 0.4) is 0 Å². The first kappa shape index (κ1) is 18.6. The summed E-state index contributed by atoms with van der Waals surface area (Å²) in [4.78, 5) is 12.8. The van der Waals surface area contributed by atoms with Crippen LogP contribution >= 0.6 is 0 Å². The zero-order chi connectivity index (χ0) is 18.6. The molecule has 0 unspecified atom stereocenters. The van der Waals surface area contributed by atoms with Crippen LogP contribution < -0.4 is 19.5 Å². The first-order valence-electron chi connectivity index (χ1n) is 8.02. The second-order valence-corrected chi connectivity index (χ2v) is 6.66. The molecule has 5 heteroatoms. The molecule has 0 saturated carbocycles. The lowest BCUT2D eigenvalue weighted by atomic mass is 9.86. The number of rotatable bonds is 5. The van der Waals surface area contributed by atoms with Gasteiger partial charge >= 0.3 is 0 Å². The minimum atomic E-state index is -0.240. The summed E-state index contributed by atoms with van der Waals surface area (Å²) in [5.41, 5.74) is 2.20. The zero-order valence-electron chi connectivity index (χ0n) is 15.6. The third kappa shape index (κ3) is 4.05. The van der Waals surface area contributed by atoms with Gasteiger partial charge in [-0.3, -0.25) is 4.79 Å². The van der Waals surface area contributed by atoms with E-state index in [0.717, 1.165) is 11.3 Å². The van der Waals surface area contributed by atoms with Crippen molar-refractivity contribution in [1.29, 1.82) is 0 Å². The minimum Gasteiger partial charge on any atom is -0.493 e. The van der Waals surface area contributed by atoms with Gasteiger partial charge in [0, 0.05) is 11.3 Å². The number of nitrogens with one attached hydrogen (secondary N) is 1. The van der Waals surface area contributed by atoms with Crippen LogP contribution in [0.25, 0.3) is 0 Å². The molecular weight excluding hydrogens is 318 g/mol. The quantitative estimate of drug-likeness (QED) is 0.881. The number of hydrogen-bond acceptors (Lipinski definition) is 4. The van der Waals surface area contributed by atoms with E-state index in [1.807, 2.05) is 24.3 Å². The van der Waals surface area contributed by atoms with Gasteiger partial charge < -0.3 is 19.5 Å². The van der Waals surface area contributed by atoms with E-state index in [0.29, 0.717) is 22.8 Å². The van der Waals surface area contributed by atoms with Crippen LogP contribution in [0.2, 0.25) is 0 Å². The molecule has 2 aromatic rings. The Kier molecular flexibility index (Phi) is 5.57. The van der Waals surface area contributed by atoms with Crippen LogP contribution in [0.15, 0.2) is 36.4 Å². The first-order chi connectivity index (χ1) is 11.8. The minimum absolute atomic E-state index is 0.0842. The fraction of sp³-hybridized carbons (Fsp3) is 0.350. The van der Waals surface area contributed by atoms with Gasteiger partial charge in [-0.1, -0.05) is 39.0 Å². The Bertz CT molecular complexity index is 738. The molecule has 0 atom stereocenters. The number of carbonyl (C=O) groups is 1. The van der Waals surface area contributed by atoms with Crippen LogP contribution in [-0.2, 0) is 5.41 Å². The van der Waals surface area contributed by atoms with E-state index in [9.17, 15) is 4.79 Å². The third-order valence-corrected chi connectivity index (χ3v) is 3.91. The summed E-state index contributed by atoms with van der Waals surface area (Å²) in [6.45, 7) is 6.33. The molecule has 0 radical (unpaired) electrons. The van der Waals surface area contributed by atoms with Crippen molar-refractivity contribution >= 4 is 11.6 Å². The molecular formula is C20H25NO4. The highest BCUT2D eigenvalue weighted by atomic mass is 16.5. The van der Waals surface area contributed by atoms with Gasteiger partial charge in [0.05, 0.1) is 21.3 Å². The van der Waals surface area contributed by atoms with Crippen LogP contribution in [0.5, 0.6) is 17.2 Å². The van der Waals surface area contributed by atoms with Gasteiger partial charge in [-0.25, -0.2) is 0 Å². The topological polar surface area (TPSA) is 56.8 Å². The lowest BCUT2D eigenvalue weighted by Crippen LogP contribution is -2.18. The van der Waals surface area contributed by atoms with E-state index in [-0.39, 0.29) is 11.3 Å². The normalized spacial score (nSPS) is 11.0. The Balaban J connectivity index is 2.40. The van der Waals surface area contributed by atoms with Gasteiger partial charge in [0.2, 0.25) is 5.75 Å². The number of ether oxygens (including phenoxy) is 3. The molecule has 0 aliphatic rings. The molecule has 2 rings (SSSR count). The van der Waals surface area contributed by atoms with Crippen molar-refractivity contribution < 1.29 is 19.0 Å². The van der Waals surface area contributed by atoms with Gasteiger partial charge in [-0.2, -0.15) is 0 Å². The Morgan fingerprint density at radius 2 is 1.48 bits per heavy atom. The first-order valence-corrected chi connectivity index (χ1v) is 8.02. The summed E-state index contributed by atoms with van der Waals surface area (Å²) < 4.78 is 15.9. The summed E-state index contributed by atoms with van der Waals surface area (Å²) in [6, 6.07) is 11.1. The summed E-state index contributed by atoms with van der Waals surface area (Å²) in [6.07, 6.45) is 0. The fourth-order valence-electron chi connectivity index (χ4n) is 2.65. The summed E-state index contributed by atoms with van der Waals surface area (Å²) in [7, 11) is 4.57. The van der Waals surface area contributed by atoms with Crippen molar-refractivity contribution in [1.82, 2.24) is 0 Å².